The molecule has 0 aliphatic carbocycles. The molecule has 0 bridgehead atoms. The van der Waals surface area contributed by atoms with E-state index in [0.717, 1.165) is 0 Å². The van der Waals surface area contributed by atoms with Crippen LogP contribution in [0.15, 0.2) is 46.9 Å². The summed E-state index contributed by atoms with van der Waals surface area (Å²) in [6.45, 7) is 0.393. The molecule has 0 spiro atoms. The Hall–Kier alpha value is -1.65. The molecule has 106 valence electrons. The van der Waals surface area contributed by atoms with Gasteiger partial charge in [-0.2, -0.15) is 0 Å². The topological polar surface area (TPSA) is 37.4 Å². The first-order chi connectivity index (χ1) is 10.1. The normalized spacial score (nSPS) is 14.0. The Morgan fingerprint density at radius 1 is 1.19 bits per heavy atom. The molecule has 0 saturated heterocycles. The van der Waals surface area contributed by atoms with Gasteiger partial charge in [-0.25, -0.2) is 0 Å². The number of carbonyl (C=O) groups is 2. The first-order valence-corrected chi connectivity index (χ1v) is 7.64. The van der Waals surface area contributed by atoms with Crippen molar-refractivity contribution in [3.05, 3.63) is 63.1 Å². The number of fused-ring (bicyclic) bond motifs is 1. The molecule has 1 heterocycles. The zero-order valence-electron chi connectivity index (χ0n) is 11.0. The fourth-order valence-corrected chi connectivity index (χ4v) is 3.28. The van der Waals surface area contributed by atoms with Gasteiger partial charge in [0, 0.05) is 28.0 Å². The van der Waals surface area contributed by atoms with Crippen molar-refractivity contribution in [3.63, 3.8) is 0 Å². The number of benzene rings is 2. The smallest absolute Gasteiger partial charge is 0.259 e. The van der Waals surface area contributed by atoms with E-state index in [1.165, 1.54) is 0 Å². The van der Waals surface area contributed by atoms with Gasteiger partial charge in [0.05, 0.1) is 11.3 Å². The lowest BCUT2D eigenvalue weighted by Gasteiger charge is -2.29. The average molecular weight is 365 g/mol. The van der Waals surface area contributed by atoms with Crippen molar-refractivity contribution in [1.29, 1.82) is 0 Å². The molecule has 3 nitrogen and oxygen atoms in total. The van der Waals surface area contributed by atoms with Gasteiger partial charge in [-0.05, 0) is 46.3 Å². The largest absolute Gasteiger partial charge is 0.307 e. The van der Waals surface area contributed by atoms with E-state index in [9.17, 15) is 9.59 Å². The average Bonchev–Trinajstić information content (AvgIpc) is 2.47. The summed E-state index contributed by atoms with van der Waals surface area (Å²) in [5.74, 6) is -0.0664. The minimum atomic E-state index is -0.140. The Morgan fingerprint density at radius 3 is 2.71 bits per heavy atom. The molecule has 3 rings (SSSR count). The van der Waals surface area contributed by atoms with Crippen molar-refractivity contribution in [2.24, 2.45) is 0 Å². The molecule has 1 aliphatic heterocycles. The van der Waals surface area contributed by atoms with Gasteiger partial charge in [0.2, 0.25) is 0 Å². The van der Waals surface area contributed by atoms with E-state index in [0.29, 0.717) is 39.3 Å². The van der Waals surface area contributed by atoms with Gasteiger partial charge in [-0.1, -0.05) is 23.7 Å². The van der Waals surface area contributed by atoms with Crippen molar-refractivity contribution in [3.8, 4) is 0 Å². The quantitative estimate of drug-likeness (QED) is 0.755. The Kier molecular flexibility index (Phi) is 3.83. The third-order valence-electron chi connectivity index (χ3n) is 3.46. The van der Waals surface area contributed by atoms with Crippen LogP contribution in [-0.2, 0) is 0 Å². The van der Waals surface area contributed by atoms with Crippen molar-refractivity contribution in [2.45, 2.75) is 6.42 Å². The van der Waals surface area contributed by atoms with Crippen LogP contribution >= 0.6 is 27.5 Å². The summed E-state index contributed by atoms with van der Waals surface area (Å²) >= 11 is 9.28. The van der Waals surface area contributed by atoms with E-state index in [1.807, 2.05) is 12.1 Å². The molecule has 2 aromatic carbocycles. The number of ketones is 1. The number of hydrogen-bond acceptors (Lipinski definition) is 2. The zero-order chi connectivity index (χ0) is 15.0. The Bertz CT molecular complexity index is 745. The van der Waals surface area contributed by atoms with Gasteiger partial charge in [-0.15, -0.1) is 0 Å². The zero-order valence-corrected chi connectivity index (χ0v) is 13.3. The fraction of sp³-hybridized carbons (Fsp3) is 0.125. The van der Waals surface area contributed by atoms with Gasteiger partial charge in [-0.3, -0.25) is 9.59 Å². The summed E-state index contributed by atoms with van der Waals surface area (Å²) in [5.41, 5.74) is 1.80. The fourth-order valence-electron chi connectivity index (χ4n) is 2.43. The minimum absolute atomic E-state index is 0.0739. The van der Waals surface area contributed by atoms with Gasteiger partial charge >= 0.3 is 0 Å². The maximum atomic E-state index is 12.7. The predicted octanol–water partition coefficient (Wildman–Crippen LogP) is 4.34. The van der Waals surface area contributed by atoms with Crippen LogP contribution in [0.25, 0.3) is 0 Å². The first-order valence-electron chi connectivity index (χ1n) is 6.47. The molecule has 21 heavy (non-hydrogen) atoms. The Labute approximate surface area is 135 Å². The molecule has 1 aliphatic rings. The van der Waals surface area contributed by atoms with E-state index < -0.39 is 0 Å². The van der Waals surface area contributed by atoms with Crippen LogP contribution in [0.3, 0.4) is 0 Å². The van der Waals surface area contributed by atoms with Crippen molar-refractivity contribution in [1.82, 2.24) is 0 Å². The number of Topliss-reactive ketones (excluding diaryl/α,β-unsaturated/α-hetero) is 1. The highest BCUT2D eigenvalue weighted by molar-refractivity contribution is 9.10. The van der Waals surface area contributed by atoms with Gasteiger partial charge in [0.15, 0.2) is 5.78 Å². The van der Waals surface area contributed by atoms with Crippen molar-refractivity contribution in [2.75, 3.05) is 11.4 Å². The lowest BCUT2D eigenvalue weighted by atomic mass is 9.99. The van der Waals surface area contributed by atoms with Crippen LogP contribution in [0.5, 0.6) is 0 Å². The second-order valence-corrected chi connectivity index (χ2v) is 6.06. The molecule has 0 radical (unpaired) electrons. The number of amides is 1. The van der Waals surface area contributed by atoms with Crippen LogP contribution < -0.4 is 4.90 Å². The van der Waals surface area contributed by atoms with E-state index in [2.05, 4.69) is 15.9 Å². The molecular weight excluding hydrogens is 354 g/mol. The molecule has 0 N–H and O–H groups in total. The monoisotopic (exact) mass is 363 g/mol. The second-order valence-electron chi connectivity index (χ2n) is 4.77. The lowest BCUT2D eigenvalue weighted by Crippen LogP contribution is -2.37. The summed E-state index contributed by atoms with van der Waals surface area (Å²) in [4.78, 5) is 26.3. The highest BCUT2D eigenvalue weighted by atomic mass is 79.9. The standard InChI is InChI=1S/C16H11BrClNO2/c17-13-9-10(18)5-6-11(13)16(21)19-8-7-15(20)12-3-1-2-4-14(12)19/h1-6,9H,7-8H2. The van der Waals surface area contributed by atoms with E-state index in [1.54, 1.807) is 35.2 Å². The molecule has 0 unspecified atom stereocenters. The Balaban J connectivity index is 2.03. The summed E-state index contributed by atoms with van der Waals surface area (Å²) in [6, 6.07) is 12.3. The van der Waals surface area contributed by atoms with Crippen LogP contribution in [0.1, 0.15) is 27.1 Å². The van der Waals surface area contributed by atoms with E-state index >= 15 is 0 Å². The summed E-state index contributed by atoms with van der Waals surface area (Å²) in [6.07, 6.45) is 0.341. The van der Waals surface area contributed by atoms with Crippen LogP contribution in [0.2, 0.25) is 5.02 Å². The number of rotatable bonds is 1. The molecule has 0 atom stereocenters. The maximum absolute atomic E-state index is 12.7. The van der Waals surface area contributed by atoms with Crippen molar-refractivity contribution >= 4 is 44.9 Å². The highest BCUT2D eigenvalue weighted by Gasteiger charge is 2.28. The van der Waals surface area contributed by atoms with Crippen LogP contribution in [-0.4, -0.2) is 18.2 Å². The molecule has 2 aromatic rings. The third kappa shape index (κ3) is 2.61. The van der Waals surface area contributed by atoms with Crippen LogP contribution in [0, 0.1) is 0 Å². The third-order valence-corrected chi connectivity index (χ3v) is 4.36. The summed E-state index contributed by atoms with van der Waals surface area (Å²) in [7, 11) is 0. The second kappa shape index (κ2) is 5.62. The highest BCUT2D eigenvalue weighted by Crippen LogP contribution is 2.30. The van der Waals surface area contributed by atoms with Crippen LogP contribution in [0.4, 0.5) is 5.69 Å². The number of nitrogens with zero attached hydrogens (tertiary/aromatic N) is 1. The van der Waals surface area contributed by atoms with Gasteiger partial charge < -0.3 is 4.90 Å². The SMILES string of the molecule is O=C1CCN(C(=O)c2ccc(Cl)cc2Br)c2ccccc21. The maximum Gasteiger partial charge on any atom is 0.259 e. The first kappa shape index (κ1) is 14.3. The molecule has 0 saturated carbocycles. The number of halogens is 2. The predicted molar refractivity (Wildman–Crippen MR) is 86.2 cm³/mol. The Morgan fingerprint density at radius 2 is 1.95 bits per heavy atom. The molecule has 1 amide bonds. The number of carbonyl (C=O) groups excluding carboxylic acids is 2. The molecule has 0 aromatic heterocycles. The number of anilines is 1. The molecule has 0 fully saturated rings. The lowest BCUT2D eigenvalue weighted by molar-refractivity contribution is 0.0955. The summed E-state index contributed by atoms with van der Waals surface area (Å²) < 4.78 is 0.648. The number of hydrogen-bond donors (Lipinski definition) is 0. The molecule has 5 heteroatoms. The van der Waals surface area contributed by atoms with Crippen molar-refractivity contribution < 1.29 is 9.59 Å². The molecular formula is C16H11BrClNO2. The van der Waals surface area contributed by atoms with E-state index in [4.69, 9.17) is 11.6 Å². The van der Waals surface area contributed by atoms with Gasteiger partial charge in [0.25, 0.3) is 5.91 Å². The number of para-hydroxylation sites is 1. The van der Waals surface area contributed by atoms with Gasteiger partial charge in [0.1, 0.15) is 0 Å². The minimum Gasteiger partial charge on any atom is -0.307 e. The van der Waals surface area contributed by atoms with E-state index in [-0.39, 0.29) is 11.7 Å². The summed E-state index contributed by atoms with van der Waals surface area (Å²) in [5, 5.41) is 0.563.